The Kier molecular flexibility index (Phi) is 4.04. The number of halogens is 1. The molecule has 0 N–H and O–H groups in total. The highest BCUT2D eigenvalue weighted by Gasteiger charge is 2.13. The molecule has 1 fully saturated rings. The Morgan fingerprint density at radius 2 is 1.87 bits per heavy atom. The zero-order valence-corrected chi connectivity index (χ0v) is 9.67. The average Bonchev–Trinajstić information content (AvgIpc) is 2.29. The molecule has 2 rings (SSSR count). The summed E-state index contributed by atoms with van der Waals surface area (Å²) in [5.74, 6) is 0. The molecule has 2 heteroatoms. The van der Waals surface area contributed by atoms with Gasteiger partial charge in [-0.15, -0.1) is 0 Å². The molecule has 1 nitrogen and oxygen atoms in total. The summed E-state index contributed by atoms with van der Waals surface area (Å²) in [4.78, 5) is 0. The van der Waals surface area contributed by atoms with E-state index in [1.54, 1.807) is 0 Å². The summed E-state index contributed by atoms with van der Waals surface area (Å²) in [7, 11) is 0. The maximum Gasteiger partial charge on any atom is 0.0735 e. The van der Waals surface area contributed by atoms with Crippen LogP contribution in [0.1, 0.15) is 37.7 Å². The summed E-state index contributed by atoms with van der Waals surface area (Å²) >= 11 is 6.06. The van der Waals surface area contributed by atoms with Gasteiger partial charge >= 0.3 is 0 Å². The Labute approximate surface area is 96.4 Å². The topological polar surface area (TPSA) is 9.23 Å². The van der Waals surface area contributed by atoms with E-state index in [0.717, 1.165) is 10.6 Å². The summed E-state index contributed by atoms with van der Waals surface area (Å²) in [5.41, 5.74) is 1.10. The molecule has 0 radical (unpaired) electrons. The van der Waals surface area contributed by atoms with E-state index in [4.69, 9.17) is 16.3 Å². The van der Waals surface area contributed by atoms with Crippen LogP contribution in [0.5, 0.6) is 0 Å². The number of hydrogen-bond acceptors (Lipinski definition) is 1. The van der Waals surface area contributed by atoms with E-state index in [1.807, 2.05) is 24.3 Å². The normalized spacial score (nSPS) is 17.9. The first kappa shape index (κ1) is 11.0. The molecule has 1 aromatic rings. The van der Waals surface area contributed by atoms with Crippen molar-refractivity contribution in [2.24, 2.45) is 0 Å². The molecular formula is C13H17ClO. The summed E-state index contributed by atoms with van der Waals surface area (Å²) in [6, 6.07) is 7.91. The SMILES string of the molecule is Clc1ccccc1COC1CCCCC1. The minimum Gasteiger partial charge on any atom is -0.373 e. The fourth-order valence-electron chi connectivity index (χ4n) is 2.05. The van der Waals surface area contributed by atoms with Crippen LogP contribution in [0.25, 0.3) is 0 Å². The highest BCUT2D eigenvalue weighted by atomic mass is 35.5. The van der Waals surface area contributed by atoms with Gasteiger partial charge in [0, 0.05) is 5.02 Å². The van der Waals surface area contributed by atoms with E-state index in [9.17, 15) is 0 Å². The quantitative estimate of drug-likeness (QED) is 0.748. The van der Waals surface area contributed by atoms with Gasteiger partial charge in [-0.25, -0.2) is 0 Å². The fraction of sp³-hybridized carbons (Fsp3) is 0.538. The van der Waals surface area contributed by atoms with Gasteiger partial charge in [-0.05, 0) is 24.5 Å². The van der Waals surface area contributed by atoms with Crippen LogP contribution >= 0.6 is 11.6 Å². The molecule has 1 aliphatic rings. The Bertz CT molecular complexity index is 305. The van der Waals surface area contributed by atoms with Crippen molar-refractivity contribution in [3.8, 4) is 0 Å². The van der Waals surface area contributed by atoms with Crippen molar-refractivity contribution in [3.05, 3.63) is 34.9 Å². The molecule has 1 aliphatic carbocycles. The van der Waals surface area contributed by atoms with Gasteiger partial charge in [0.15, 0.2) is 0 Å². The van der Waals surface area contributed by atoms with Gasteiger partial charge in [-0.3, -0.25) is 0 Å². The van der Waals surface area contributed by atoms with E-state index < -0.39 is 0 Å². The number of ether oxygens (including phenoxy) is 1. The van der Waals surface area contributed by atoms with Crippen LogP contribution < -0.4 is 0 Å². The van der Waals surface area contributed by atoms with Crippen molar-refractivity contribution in [3.63, 3.8) is 0 Å². The highest BCUT2D eigenvalue weighted by Crippen LogP contribution is 2.23. The number of rotatable bonds is 3. The predicted octanol–water partition coefficient (Wildman–Crippen LogP) is 4.19. The second-order valence-corrected chi connectivity index (χ2v) is 4.57. The molecule has 0 bridgehead atoms. The Morgan fingerprint density at radius 3 is 2.60 bits per heavy atom. The third-order valence-electron chi connectivity index (χ3n) is 2.98. The largest absolute Gasteiger partial charge is 0.373 e. The van der Waals surface area contributed by atoms with Crippen LogP contribution in [0.2, 0.25) is 5.02 Å². The van der Waals surface area contributed by atoms with Gasteiger partial charge in [0.2, 0.25) is 0 Å². The molecule has 1 aromatic carbocycles. The van der Waals surface area contributed by atoms with Gasteiger partial charge in [0.25, 0.3) is 0 Å². The molecule has 1 saturated carbocycles. The van der Waals surface area contributed by atoms with Crippen molar-refractivity contribution in [2.45, 2.75) is 44.8 Å². The molecule has 0 spiro atoms. The molecule has 0 unspecified atom stereocenters. The first-order chi connectivity index (χ1) is 7.36. The maximum atomic E-state index is 6.06. The molecule has 0 amide bonds. The van der Waals surface area contributed by atoms with Crippen molar-refractivity contribution < 1.29 is 4.74 Å². The standard InChI is InChI=1S/C13H17ClO/c14-13-9-5-4-6-11(13)10-15-12-7-2-1-3-8-12/h4-6,9,12H,1-3,7-8,10H2. The van der Waals surface area contributed by atoms with E-state index in [2.05, 4.69) is 0 Å². The summed E-state index contributed by atoms with van der Waals surface area (Å²) < 4.78 is 5.87. The van der Waals surface area contributed by atoms with Gasteiger partial charge < -0.3 is 4.74 Å². The van der Waals surface area contributed by atoms with Crippen molar-refractivity contribution in [2.75, 3.05) is 0 Å². The van der Waals surface area contributed by atoms with E-state index in [0.29, 0.717) is 12.7 Å². The van der Waals surface area contributed by atoms with Crippen LogP contribution in [0.3, 0.4) is 0 Å². The molecule has 82 valence electrons. The lowest BCUT2D eigenvalue weighted by Gasteiger charge is -2.22. The zero-order valence-electron chi connectivity index (χ0n) is 8.92. The monoisotopic (exact) mass is 224 g/mol. The summed E-state index contributed by atoms with van der Waals surface area (Å²) in [6.07, 6.45) is 6.87. The molecule has 15 heavy (non-hydrogen) atoms. The van der Waals surface area contributed by atoms with E-state index >= 15 is 0 Å². The summed E-state index contributed by atoms with van der Waals surface area (Å²) in [6.45, 7) is 0.657. The third kappa shape index (κ3) is 3.22. The Morgan fingerprint density at radius 1 is 1.13 bits per heavy atom. The second-order valence-electron chi connectivity index (χ2n) is 4.16. The van der Waals surface area contributed by atoms with Gasteiger partial charge in [-0.1, -0.05) is 49.1 Å². The van der Waals surface area contributed by atoms with E-state index in [-0.39, 0.29) is 0 Å². The Hall–Kier alpha value is -0.530. The molecular weight excluding hydrogens is 208 g/mol. The van der Waals surface area contributed by atoms with Gasteiger partial charge in [0.05, 0.1) is 12.7 Å². The smallest absolute Gasteiger partial charge is 0.0735 e. The molecule has 0 heterocycles. The fourth-order valence-corrected chi connectivity index (χ4v) is 2.25. The summed E-state index contributed by atoms with van der Waals surface area (Å²) in [5, 5.41) is 0.813. The second kappa shape index (κ2) is 5.53. The highest BCUT2D eigenvalue weighted by molar-refractivity contribution is 6.31. The third-order valence-corrected chi connectivity index (χ3v) is 3.35. The molecule has 0 aromatic heterocycles. The van der Waals surface area contributed by atoms with Crippen molar-refractivity contribution in [1.29, 1.82) is 0 Å². The van der Waals surface area contributed by atoms with Crippen molar-refractivity contribution >= 4 is 11.6 Å². The van der Waals surface area contributed by atoms with E-state index in [1.165, 1.54) is 32.1 Å². The van der Waals surface area contributed by atoms with Gasteiger partial charge in [0.1, 0.15) is 0 Å². The lowest BCUT2D eigenvalue weighted by atomic mass is 9.98. The van der Waals surface area contributed by atoms with Crippen LogP contribution in [0, 0.1) is 0 Å². The van der Waals surface area contributed by atoms with Crippen LogP contribution in [0.15, 0.2) is 24.3 Å². The molecule has 0 saturated heterocycles. The average molecular weight is 225 g/mol. The van der Waals surface area contributed by atoms with Crippen LogP contribution in [-0.2, 0) is 11.3 Å². The lowest BCUT2D eigenvalue weighted by molar-refractivity contribution is 0.0169. The number of hydrogen-bond donors (Lipinski definition) is 0. The van der Waals surface area contributed by atoms with Gasteiger partial charge in [-0.2, -0.15) is 0 Å². The van der Waals surface area contributed by atoms with Crippen molar-refractivity contribution in [1.82, 2.24) is 0 Å². The number of benzene rings is 1. The maximum absolute atomic E-state index is 6.06. The molecule has 0 atom stereocenters. The lowest BCUT2D eigenvalue weighted by Crippen LogP contribution is -2.16. The van der Waals surface area contributed by atoms with Crippen LogP contribution in [0.4, 0.5) is 0 Å². The zero-order chi connectivity index (χ0) is 10.5. The molecule has 0 aliphatic heterocycles. The van der Waals surface area contributed by atoms with Crippen LogP contribution in [-0.4, -0.2) is 6.10 Å². The predicted molar refractivity (Wildman–Crippen MR) is 63.1 cm³/mol. The minimum atomic E-state index is 0.454. The minimum absolute atomic E-state index is 0.454. The first-order valence-corrected chi connectivity index (χ1v) is 6.09. The first-order valence-electron chi connectivity index (χ1n) is 5.71. The Balaban J connectivity index is 1.84.